The Hall–Kier alpha value is -3.54. The van der Waals surface area contributed by atoms with Gasteiger partial charge in [-0.05, 0) is 54.1 Å². The molecular weight excluding hydrogens is 342 g/mol. The van der Waals surface area contributed by atoms with E-state index in [1.807, 2.05) is 42.5 Å². The fraction of sp³-hybridized carbons (Fsp3) is 0.143. The van der Waals surface area contributed by atoms with Gasteiger partial charge in [-0.25, -0.2) is 4.79 Å². The summed E-state index contributed by atoms with van der Waals surface area (Å²) in [5, 5.41) is 5.60. The maximum absolute atomic E-state index is 12.0. The lowest BCUT2D eigenvalue weighted by atomic mass is 10.2. The van der Waals surface area contributed by atoms with Crippen molar-refractivity contribution >= 4 is 11.7 Å². The minimum atomic E-state index is -0.268. The maximum Gasteiger partial charge on any atom is 0.319 e. The lowest BCUT2D eigenvalue weighted by molar-refractivity contribution is 0.251. The number of hydrogen-bond acceptors (Lipinski definition) is 4. The Morgan fingerprint density at radius 2 is 1.70 bits per heavy atom. The summed E-state index contributed by atoms with van der Waals surface area (Å²) in [7, 11) is 1.60. The molecule has 2 aromatic carbocycles. The van der Waals surface area contributed by atoms with Gasteiger partial charge in [0, 0.05) is 18.4 Å². The second kappa shape index (κ2) is 9.24. The van der Waals surface area contributed by atoms with Gasteiger partial charge in [-0.2, -0.15) is 0 Å². The summed E-state index contributed by atoms with van der Waals surface area (Å²) < 4.78 is 10.8. The molecule has 0 spiro atoms. The molecule has 6 nitrogen and oxygen atoms in total. The predicted molar refractivity (Wildman–Crippen MR) is 104 cm³/mol. The number of rotatable bonds is 7. The lowest BCUT2D eigenvalue weighted by Crippen LogP contribution is -2.28. The minimum absolute atomic E-state index is 0.268. The summed E-state index contributed by atoms with van der Waals surface area (Å²) in [6.45, 7) is 0.839. The fourth-order valence-corrected chi connectivity index (χ4v) is 2.38. The van der Waals surface area contributed by atoms with Crippen molar-refractivity contribution in [3.63, 3.8) is 0 Å². The molecule has 0 saturated heterocycles. The highest BCUT2D eigenvalue weighted by Gasteiger charge is 2.03. The van der Waals surface area contributed by atoms with Crippen LogP contribution in [0.3, 0.4) is 0 Å². The number of anilines is 1. The third-order valence-corrected chi connectivity index (χ3v) is 3.84. The first-order chi connectivity index (χ1) is 13.2. The maximum atomic E-state index is 12.0. The number of nitrogens with zero attached hydrogens (tertiary/aromatic N) is 1. The van der Waals surface area contributed by atoms with Crippen LogP contribution in [0.4, 0.5) is 10.5 Å². The van der Waals surface area contributed by atoms with E-state index in [1.54, 1.807) is 37.6 Å². The molecular formula is C21H21N3O3. The average Bonchev–Trinajstić information content (AvgIpc) is 2.73. The molecule has 2 amide bonds. The van der Waals surface area contributed by atoms with E-state index in [2.05, 4.69) is 15.6 Å². The summed E-state index contributed by atoms with van der Waals surface area (Å²) in [4.78, 5) is 16.2. The van der Waals surface area contributed by atoms with E-state index in [-0.39, 0.29) is 6.03 Å². The summed E-state index contributed by atoms with van der Waals surface area (Å²) in [5.41, 5.74) is 2.55. The number of aromatic nitrogens is 1. The minimum Gasteiger partial charge on any atom is -0.497 e. The first kappa shape index (κ1) is 18.3. The molecule has 138 valence electrons. The van der Waals surface area contributed by atoms with Gasteiger partial charge in [0.1, 0.15) is 18.1 Å². The molecule has 27 heavy (non-hydrogen) atoms. The van der Waals surface area contributed by atoms with Crippen LogP contribution in [-0.2, 0) is 13.2 Å². The zero-order chi connectivity index (χ0) is 18.9. The van der Waals surface area contributed by atoms with Crippen molar-refractivity contribution < 1.29 is 14.3 Å². The largest absolute Gasteiger partial charge is 0.497 e. The molecule has 0 radical (unpaired) electrons. The van der Waals surface area contributed by atoms with Crippen LogP contribution >= 0.6 is 0 Å². The second-order valence-electron chi connectivity index (χ2n) is 5.79. The SMILES string of the molecule is COc1ccc(NC(=O)NCc2ccc(OCc3ccccn3)cc2)cc1. The van der Waals surface area contributed by atoms with E-state index < -0.39 is 0 Å². The highest BCUT2D eigenvalue weighted by Crippen LogP contribution is 2.15. The van der Waals surface area contributed by atoms with Gasteiger partial charge in [0.15, 0.2) is 0 Å². The number of carbonyl (C=O) groups excluding carboxylic acids is 1. The Morgan fingerprint density at radius 1 is 0.963 bits per heavy atom. The monoisotopic (exact) mass is 363 g/mol. The van der Waals surface area contributed by atoms with Crippen molar-refractivity contribution in [3.05, 3.63) is 84.2 Å². The zero-order valence-corrected chi connectivity index (χ0v) is 15.0. The molecule has 0 aliphatic rings. The standard InChI is InChI=1S/C21H21N3O3/c1-26-19-11-7-17(8-12-19)24-21(25)23-14-16-5-9-20(10-6-16)27-15-18-4-2-3-13-22-18/h2-13H,14-15H2,1H3,(H2,23,24,25). The zero-order valence-electron chi connectivity index (χ0n) is 15.0. The number of ether oxygens (including phenoxy) is 2. The van der Waals surface area contributed by atoms with Crippen LogP contribution in [0.1, 0.15) is 11.3 Å². The van der Waals surface area contributed by atoms with Gasteiger partial charge in [-0.1, -0.05) is 18.2 Å². The van der Waals surface area contributed by atoms with Crippen molar-refractivity contribution in [1.29, 1.82) is 0 Å². The van der Waals surface area contributed by atoms with Crippen molar-refractivity contribution in [3.8, 4) is 11.5 Å². The molecule has 6 heteroatoms. The molecule has 0 unspecified atom stereocenters. The molecule has 2 N–H and O–H groups in total. The quantitative estimate of drug-likeness (QED) is 0.666. The van der Waals surface area contributed by atoms with Crippen molar-refractivity contribution in [1.82, 2.24) is 10.3 Å². The third-order valence-electron chi connectivity index (χ3n) is 3.84. The number of pyridine rings is 1. The fourth-order valence-electron chi connectivity index (χ4n) is 2.38. The molecule has 3 rings (SSSR count). The predicted octanol–water partition coefficient (Wildman–Crippen LogP) is 3.99. The number of urea groups is 1. The number of methoxy groups -OCH3 is 1. The Morgan fingerprint density at radius 3 is 2.37 bits per heavy atom. The van der Waals surface area contributed by atoms with E-state index in [9.17, 15) is 4.79 Å². The van der Waals surface area contributed by atoms with E-state index in [1.165, 1.54) is 0 Å². The van der Waals surface area contributed by atoms with Crippen molar-refractivity contribution in [2.45, 2.75) is 13.2 Å². The number of benzene rings is 2. The first-order valence-corrected chi connectivity index (χ1v) is 8.53. The van der Waals surface area contributed by atoms with Crippen LogP contribution in [0, 0.1) is 0 Å². The van der Waals surface area contributed by atoms with Crippen LogP contribution in [0.2, 0.25) is 0 Å². The number of amides is 2. The van der Waals surface area contributed by atoms with E-state index in [0.29, 0.717) is 18.8 Å². The van der Waals surface area contributed by atoms with Crippen LogP contribution in [0.15, 0.2) is 72.9 Å². The number of nitrogens with one attached hydrogen (secondary N) is 2. The summed E-state index contributed by atoms with van der Waals surface area (Å²) >= 11 is 0. The van der Waals surface area contributed by atoms with Crippen LogP contribution in [-0.4, -0.2) is 18.1 Å². The first-order valence-electron chi connectivity index (χ1n) is 8.53. The molecule has 0 bridgehead atoms. The van der Waals surface area contributed by atoms with Gasteiger partial charge in [-0.15, -0.1) is 0 Å². The highest BCUT2D eigenvalue weighted by molar-refractivity contribution is 5.89. The van der Waals surface area contributed by atoms with Crippen LogP contribution < -0.4 is 20.1 Å². The van der Waals surface area contributed by atoms with Gasteiger partial charge in [0.2, 0.25) is 0 Å². The summed E-state index contributed by atoms with van der Waals surface area (Å²) in [5.74, 6) is 1.50. The molecule has 0 aliphatic heterocycles. The van der Waals surface area contributed by atoms with E-state index in [4.69, 9.17) is 9.47 Å². The van der Waals surface area contributed by atoms with Gasteiger partial charge in [0.05, 0.1) is 12.8 Å². The molecule has 1 aromatic heterocycles. The molecule has 0 aliphatic carbocycles. The molecule has 0 fully saturated rings. The molecule has 0 saturated carbocycles. The van der Waals surface area contributed by atoms with E-state index in [0.717, 1.165) is 22.8 Å². The van der Waals surface area contributed by atoms with E-state index >= 15 is 0 Å². The van der Waals surface area contributed by atoms with Crippen molar-refractivity contribution in [2.24, 2.45) is 0 Å². The number of hydrogen-bond donors (Lipinski definition) is 2. The lowest BCUT2D eigenvalue weighted by Gasteiger charge is -2.09. The summed E-state index contributed by atoms with van der Waals surface area (Å²) in [6, 6.07) is 20.2. The summed E-state index contributed by atoms with van der Waals surface area (Å²) in [6.07, 6.45) is 1.74. The van der Waals surface area contributed by atoms with Gasteiger partial charge in [-0.3, -0.25) is 4.98 Å². The molecule has 0 atom stereocenters. The Labute approximate surface area is 158 Å². The Kier molecular flexibility index (Phi) is 6.25. The third kappa shape index (κ3) is 5.74. The smallest absolute Gasteiger partial charge is 0.319 e. The van der Waals surface area contributed by atoms with Crippen LogP contribution in [0.25, 0.3) is 0 Å². The topological polar surface area (TPSA) is 72.5 Å². The molecule has 1 heterocycles. The highest BCUT2D eigenvalue weighted by atomic mass is 16.5. The number of carbonyl (C=O) groups is 1. The van der Waals surface area contributed by atoms with Crippen LogP contribution in [0.5, 0.6) is 11.5 Å². The van der Waals surface area contributed by atoms with Gasteiger partial charge < -0.3 is 20.1 Å². The Bertz CT molecular complexity index is 850. The Balaban J connectivity index is 1.44. The van der Waals surface area contributed by atoms with Crippen molar-refractivity contribution in [2.75, 3.05) is 12.4 Å². The second-order valence-corrected chi connectivity index (χ2v) is 5.79. The van der Waals surface area contributed by atoms with Gasteiger partial charge >= 0.3 is 6.03 Å². The average molecular weight is 363 g/mol. The normalized spacial score (nSPS) is 10.1. The van der Waals surface area contributed by atoms with Gasteiger partial charge in [0.25, 0.3) is 0 Å². The molecule has 3 aromatic rings.